The Kier molecular flexibility index (Phi) is 5.51. The lowest BCUT2D eigenvalue weighted by Gasteiger charge is -2.11. The lowest BCUT2D eigenvalue weighted by molar-refractivity contribution is -0.114. The van der Waals surface area contributed by atoms with Gasteiger partial charge in [-0.2, -0.15) is 4.98 Å². The number of ether oxygens (including phenoxy) is 1. The van der Waals surface area contributed by atoms with Crippen LogP contribution in [-0.2, 0) is 4.79 Å². The molecule has 7 nitrogen and oxygen atoms in total. The number of methoxy groups -OCH3 is 1. The van der Waals surface area contributed by atoms with Crippen molar-refractivity contribution in [2.24, 2.45) is 0 Å². The molecule has 1 aromatic heterocycles. The first-order valence-electron chi connectivity index (χ1n) is 8.43. The van der Waals surface area contributed by atoms with Crippen LogP contribution in [0.1, 0.15) is 12.6 Å². The number of amides is 1. The number of carbonyl (C=O) groups excluding carboxylic acids is 1. The van der Waals surface area contributed by atoms with Gasteiger partial charge in [-0.25, -0.2) is 4.98 Å². The van der Waals surface area contributed by atoms with Gasteiger partial charge in [0, 0.05) is 35.7 Å². The zero-order valence-corrected chi connectivity index (χ0v) is 15.4. The topological polar surface area (TPSA) is 88.2 Å². The molecule has 0 radical (unpaired) electrons. The second kappa shape index (κ2) is 8.18. The molecule has 0 saturated heterocycles. The van der Waals surface area contributed by atoms with E-state index in [-0.39, 0.29) is 5.91 Å². The average Bonchev–Trinajstić information content (AvgIpc) is 2.63. The molecule has 0 aliphatic heterocycles. The first kappa shape index (κ1) is 18.2. The maximum absolute atomic E-state index is 11.1. The number of rotatable bonds is 6. The summed E-state index contributed by atoms with van der Waals surface area (Å²) in [6.07, 6.45) is 0. The van der Waals surface area contributed by atoms with Crippen molar-refractivity contribution in [1.29, 1.82) is 0 Å². The minimum atomic E-state index is -0.101. The van der Waals surface area contributed by atoms with Crippen LogP contribution < -0.4 is 20.7 Å². The van der Waals surface area contributed by atoms with E-state index >= 15 is 0 Å². The summed E-state index contributed by atoms with van der Waals surface area (Å²) >= 11 is 0. The SMILES string of the molecule is COc1ccc(Nc2nc(C)cc(Nc3ccc(NC(C)=O)cc3)n2)cc1. The van der Waals surface area contributed by atoms with Gasteiger partial charge in [-0.3, -0.25) is 4.79 Å². The minimum Gasteiger partial charge on any atom is -0.497 e. The molecule has 0 fully saturated rings. The highest BCUT2D eigenvalue weighted by Gasteiger charge is 2.05. The Morgan fingerprint density at radius 3 is 2.11 bits per heavy atom. The summed E-state index contributed by atoms with van der Waals surface area (Å²) in [5.74, 6) is 1.86. The van der Waals surface area contributed by atoms with Crippen LogP contribution in [0, 0.1) is 6.92 Å². The molecule has 0 bridgehead atoms. The Morgan fingerprint density at radius 1 is 0.889 bits per heavy atom. The smallest absolute Gasteiger partial charge is 0.229 e. The van der Waals surface area contributed by atoms with Crippen LogP contribution >= 0.6 is 0 Å². The summed E-state index contributed by atoms with van der Waals surface area (Å²) in [5.41, 5.74) is 3.30. The highest BCUT2D eigenvalue weighted by Crippen LogP contribution is 2.22. The van der Waals surface area contributed by atoms with Gasteiger partial charge in [-0.1, -0.05) is 0 Å². The zero-order valence-electron chi connectivity index (χ0n) is 15.4. The fourth-order valence-corrected chi connectivity index (χ4v) is 2.48. The number of aromatic nitrogens is 2. The fraction of sp³-hybridized carbons (Fsp3) is 0.150. The first-order valence-corrected chi connectivity index (χ1v) is 8.43. The fourth-order valence-electron chi connectivity index (χ4n) is 2.48. The second-order valence-electron chi connectivity index (χ2n) is 5.96. The predicted molar refractivity (Wildman–Crippen MR) is 107 cm³/mol. The summed E-state index contributed by atoms with van der Waals surface area (Å²) in [5, 5.41) is 9.17. The second-order valence-corrected chi connectivity index (χ2v) is 5.96. The van der Waals surface area contributed by atoms with Crippen LogP contribution in [-0.4, -0.2) is 23.0 Å². The van der Waals surface area contributed by atoms with E-state index < -0.39 is 0 Å². The summed E-state index contributed by atoms with van der Waals surface area (Å²) in [4.78, 5) is 20.0. The first-order chi connectivity index (χ1) is 13.0. The van der Waals surface area contributed by atoms with Crippen molar-refractivity contribution in [1.82, 2.24) is 9.97 Å². The third-order valence-corrected chi connectivity index (χ3v) is 3.68. The highest BCUT2D eigenvalue weighted by molar-refractivity contribution is 5.88. The zero-order chi connectivity index (χ0) is 19.2. The average molecular weight is 363 g/mol. The van der Waals surface area contributed by atoms with Crippen LogP contribution in [0.3, 0.4) is 0 Å². The van der Waals surface area contributed by atoms with E-state index in [4.69, 9.17) is 4.74 Å². The largest absolute Gasteiger partial charge is 0.497 e. The molecule has 1 heterocycles. The molecule has 2 aromatic carbocycles. The van der Waals surface area contributed by atoms with Crippen molar-refractivity contribution in [2.45, 2.75) is 13.8 Å². The maximum Gasteiger partial charge on any atom is 0.229 e. The standard InChI is InChI=1S/C20H21N5O2/c1-13-12-19(23-16-6-4-15(5-7-16)22-14(2)26)25-20(21-13)24-17-8-10-18(27-3)11-9-17/h4-12H,1-3H3,(H,22,26)(H2,21,23,24,25). The molecular formula is C20H21N5O2. The maximum atomic E-state index is 11.1. The molecule has 27 heavy (non-hydrogen) atoms. The van der Waals surface area contributed by atoms with E-state index in [9.17, 15) is 4.79 Å². The van der Waals surface area contributed by atoms with Gasteiger partial charge in [-0.05, 0) is 55.5 Å². The lowest BCUT2D eigenvalue weighted by atomic mass is 10.2. The third-order valence-electron chi connectivity index (χ3n) is 3.68. The van der Waals surface area contributed by atoms with Crippen LogP contribution in [0.2, 0.25) is 0 Å². The number of benzene rings is 2. The number of hydrogen-bond acceptors (Lipinski definition) is 6. The molecule has 3 rings (SSSR count). The molecule has 0 unspecified atom stereocenters. The van der Waals surface area contributed by atoms with E-state index in [0.717, 1.165) is 28.5 Å². The summed E-state index contributed by atoms with van der Waals surface area (Å²) < 4.78 is 5.16. The molecule has 7 heteroatoms. The Bertz CT molecular complexity index is 924. The normalized spacial score (nSPS) is 10.2. The van der Waals surface area contributed by atoms with Crippen LogP contribution in [0.25, 0.3) is 0 Å². The molecular weight excluding hydrogens is 342 g/mol. The molecule has 0 atom stereocenters. The number of carbonyl (C=O) groups is 1. The molecule has 3 N–H and O–H groups in total. The molecule has 0 aliphatic rings. The number of nitrogens with one attached hydrogen (secondary N) is 3. The van der Waals surface area contributed by atoms with E-state index in [1.54, 1.807) is 7.11 Å². The van der Waals surface area contributed by atoms with Crippen LogP contribution in [0.5, 0.6) is 5.75 Å². The Hall–Kier alpha value is -3.61. The molecule has 0 aliphatic carbocycles. The summed E-state index contributed by atoms with van der Waals surface area (Å²) in [6.45, 7) is 3.39. The summed E-state index contributed by atoms with van der Waals surface area (Å²) in [6, 6.07) is 16.8. The number of hydrogen-bond donors (Lipinski definition) is 3. The Labute approximate surface area is 157 Å². The molecule has 0 spiro atoms. The molecule has 1 amide bonds. The lowest BCUT2D eigenvalue weighted by Crippen LogP contribution is -2.05. The number of nitrogens with zero attached hydrogens (tertiary/aromatic N) is 2. The minimum absolute atomic E-state index is 0.101. The highest BCUT2D eigenvalue weighted by atomic mass is 16.5. The van der Waals surface area contributed by atoms with Gasteiger partial charge < -0.3 is 20.7 Å². The van der Waals surface area contributed by atoms with Crippen molar-refractivity contribution in [3.8, 4) is 5.75 Å². The van der Waals surface area contributed by atoms with Gasteiger partial charge in [0.2, 0.25) is 11.9 Å². The van der Waals surface area contributed by atoms with Gasteiger partial charge >= 0.3 is 0 Å². The third kappa shape index (κ3) is 5.18. The molecule has 138 valence electrons. The number of anilines is 5. The van der Waals surface area contributed by atoms with Crippen molar-refractivity contribution < 1.29 is 9.53 Å². The van der Waals surface area contributed by atoms with Gasteiger partial charge in [0.25, 0.3) is 0 Å². The van der Waals surface area contributed by atoms with Crippen molar-refractivity contribution >= 4 is 34.7 Å². The van der Waals surface area contributed by atoms with Crippen molar-refractivity contribution in [2.75, 3.05) is 23.1 Å². The van der Waals surface area contributed by atoms with Crippen LogP contribution in [0.15, 0.2) is 54.6 Å². The van der Waals surface area contributed by atoms with Gasteiger partial charge in [0.05, 0.1) is 7.11 Å². The predicted octanol–water partition coefficient (Wildman–Crippen LogP) is 4.24. The quantitative estimate of drug-likeness (QED) is 0.607. The van der Waals surface area contributed by atoms with E-state index in [2.05, 4.69) is 25.9 Å². The van der Waals surface area contributed by atoms with E-state index in [1.165, 1.54) is 6.92 Å². The number of aryl methyl sites for hydroxylation is 1. The van der Waals surface area contributed by atoms with Gasteiger partial charge in [0.15, 0.2) is 0 Å². The molecule has 0 saturated carbocycles. The van der Waals surface area contributed by atoms with Gasteiger partial charge in [0.1, 0.15) is 11.6 Å². The molecule has 3 aromatic rings. The van der Waals surface area contributed by atoms with Gasteiger partial charge in [-0.15, -0.1) is 0 Å². The van der Waals surface area contributed by atoms with Crippen LogP contribution in [0.4, 0.5) is 28.8 Å². The van der Waals surface area contributed by atoms with E-state index in [0.29, 0.717) is 11.8 Å². The van der Waals surface area contributed by atoms with Crippen molar-refractivity contribution in [3.63, 3.8) is 0 Å². The Balaban J connectivity index is 1.73. The monoisotopic (exact) mass is 363 g/mol. The Morgan fingerprint density at radius 2 is 1.48 bits per heavy atom. The summed E-state index contributed by atoms with van der Waals surface area (Å²) in [7, 11) is 1.63. The van der Waals surface area contributed by atoms with Crippen molar-refractivity contribution in [3.05, 3.63) is 60.3 Å². The van der Waals surface area contributed by atoms with E-state index in [1.807, 2.05) is 61.5 Å².